The SMILES string of the molecule is C=C1CC(N2C(=O)C=CC2=O)=CC=C1N1C(=O)C=CC1=O. The fraction of sp³-hybridized carbons (Fsp3) is 0.0667. The average molecular weight is 282 g/mol. The Labute approximate surface area is 120 Å². The van der Waals surface area contributed by atoms with E-state index in [4.69, 9.17) is 0 Å². The topological polar surface area (TPSA) is 74.8 Å². The lowest BCUT2D eigenvalue weighted by Gasteiger charge is -2.26. The van der Waals surface area contributed by atoms with Crippen LogP contribution in [0.15, 0.2) is 60.0 Å². The predicted molar refractivity (Wildman–Crippen MR) is 71.9 cm³/mol. The quantitative estimate of drug-likeness (QED) is 0.694. The smallest absolute Gasteiger partial charge is 0.258 e. The molecule has 3 aliphatic rings. The summed E-state index contributed by atoms with van der Waals surface area (Å²) in [5.74, 6) is -1.68. The number of hydrogen-bond acceptors (Lipinski definition) is 4. The third kappa shape index (κ3) is 1.97. The maximum atomic E-state index is 11.7. The summed E-state index contributed by atoms with van der Waals surface area (Å²) in [6.45, 7) is 3.83. The number of rotatable bonds is 2. The molecule has 0 atom stereocenters. The van der Waals surface area contributed by atoms with E-state index in [9.17, 15) is 19.2 Å². The van der Waals surface area contributed by atoms with Crippen molar-refractivity contribution in [2.75, 3.05) is 0 Å². The molecule has 0 N–H and O–H groups in total. The van der Waals surface area contributed by atoms with E-state index in [1.807, 2.05) is 0 Å². The molecule has 0 fully saturated rings. The minimum absolute atomic E-state index is 0.210. The van der Waals surface area contributed by atoms with Crippen LogP contribution < -0.4 is 0 Å². The van der Waals surface area contributed by atoms with Crippen LogP contribution in [0.3, 0.4) is 0 Å². The van der Waals surface area contributed by atoms with Crippen LogP contribution in [0, 0.1) is 0 Å². The van der Waals surface area contributed by atoms with Gasteiger partial charge in [-0.25, -0.2) is 9.80 Å². The molecule has 0 spiro atoms. The molecule has 6 heteroatoms. The second-order valence-electron chi connectivity index (χ2n) is 4.68. The zero-order valence-corrected chi connectivity index (χ0v) is 10.9. The molecule has 0 saturated heterocycles. The molecule has 4 amide bonds. The Hall–Kier alpha value is -3.02. The van der Waals surface area contributed by atoms with Gasteiger partial charge in [0.1, 0.15) is 0 Å². The van der Waals surface area contributed by atoms with Gasteiger partial charge in [-0.05, 0) is 17.7 Å². The van der Waals surface area contributed by atoms with Crippen molar-refractivity contribution in [3.8, 4) is 0 Å². The Balaban J connectivity index is 1.92. The van der Waals surface area contributed by atoms with Gasteiger partial charge in [0, 0.05) is 36.4 Å². The van der Waals surface area contributed by atoms with Gasteiger partial charge in [-0.1, -0.05) is 6.58 Å². The molecule has 0 aromatic carbocycles. The molecule has 2 heterocycles. The van der Waals surface area contributed by atoms with E-state index < -0.39 is 23.6 Å². The minimum Gasteiger partial charge on any atom is -0.269 e. The fourth-order valence-electron chi connectivity index (χ4n) is 2.37. The molecule has 21 heavy (non-hydrogen) atoms. The molecule has 0 aromatic rings. The molecule has 3 rings (SSSR count). The van der Waals surface area contributed by atoms with Crippen LogP contribution in [-0.4, -0.2) is 33.4 Å². The van der Waals surface area contributed by atoms with Crippen molar-refractivity contribution in [3.63, 3.8) is 0 Å². The summed E-state index contributed by atoms with van der Waals surface area (Å²) in [6.07, 6.45) is 8.04. The molecule has 6 nitrogen and oxygen atoms in total. The van der Waals surface area contributed by atoms with Crippen LogP contribution in [0.1, 0.15) is 6.42 Å². The van der Waals surface area contributed by atoms with Crippen molar-refractivity contribution in [2.45, 2.75) is 6.42 Å². The van der Waals surface area contributed by atoms with Crippen molar-refractivity contribution in [2.24, 2.45) is 0 Å². The highest BCUT2D eigenvalue weighted by atomic mass is 16.2. The van der Waals surface area contributed by atoms with Crippen LogP contribution in [-0.2, 0) is 19.2 Å². The first-order chi connectivity index (χ1) is 9.99. The number of nitrogens with zero attached hydrogens (tertiary/aromatic N) is 2. The molecular weight excluding hydrogens is 272 g/mol. The van der Waals surface area contributed by atoms with E-state index in [1.165, 1.54) is 30.4 Å². The van der Waals surface area contributed by atoms with E-state index in [2.05, 4.69) is 6.58 Å². The number of amides is 4. The van der Waals surface area contributed by atoms with Crippen LogP contribution in [0.4, 0.5) is 0 Å². The molecule has 0 unspecified atom stereocenters. The maximum absolute atomic E-state index is 11.7. The maximum Gasteiger partial charge on any atom is 0.258 e. The van der Waals surface area contributed by atoms with Gasteiger partial charge >= 0.3 is 0 Å². The van der Waals surface area contributed by atoms with Crippen LogP contribution >= 0.6 is 0 Å². The second kappa shape index (κ2) is 4.52. The number of carbonyl (C=O) groups is 4. The largest absolute Gasteiger partial charge is 0.269 e. The van der Waals surface area contributed by atoms with Crippen LogP contribution in [0.2, 0.25) is 0 Å². The molecular formula is C15H10N2O4. The summed E-state index contributed by atoms with van der Waals surface area (Å²) in [5, 5.41) is 0. The highest BCUT2D eigenvalue weighted by Gasteiger charge is 2.33. The molecule has 0 bridgehead atoms. The van der Waals surface area contributed by atoms with E-state index in [0.717, 1.165) is 9.80 Å². The third-order valence-electron chi connectivity index (χ3n) is 3.34. The van der Waals surface area contributed by atoms with Gasteiger partial charge in [-0.15, -0.1) is 0 Å². The zero-order chi connectivity index (χ0) is 15.1. The van der Waals surface area contributed by atoms with E-state index in [0.29, 0.717) is 17.0 Å². The first-order valence-corrected chi connectivity index (χ1v) is 6.20. The lowest BCUT2D eigenvalue weighted by Crippen LogP contribution is -2.33. The predicted octanol–water partition coefficient (Wildman–Crippen LogP) is 0.564. The van der Waals surface area contributed by atoms with Crippen molar-refractivity contribution >= 4 is 23.6 Å². The van der Waals surface area contributed by atoms with Crippen molar-refractivity contribution < 1.29 is 19.2 Å². The number of carbonyl (C=O) groups excluding carboxylic acids is 4. The van der Waals surface area contributed by atoms with E-state index >= 15 is 0 Å². The summed E-state index contributed by atoms with van der Waals surface area (Å²) >= 11 is 0. The van der Waals surface area contributed by atoms with Crippen molar-refractivity contribution in [3.05, 3.63) is 60.0 Å². The standard InChI is InChI=1S/C15H10N2O4/c1-9-8-10(16-12(18)4-5-13(16)19)2-3-11(9)17-14(20)6-7-15(17)21/h2-7H,1,8H2. The second-order valence-corrected chi connectivity index (χ2v) is 4.68. The van der Waals surface area contributed by atoms with Gasteiger partial charge < -0.3 is 0 Å². The van der Waals surface area contributed by atoms with Gasteiger partial charge in [0.25, 0.3) is 23.6 Å². The van der Waals surface area contributed by atoms with Gasteiger partial charge in [-0.3, -0.25) is 19.2 Å². The normalized spacial score (nSPS) is 21.6. The number of hydrogen-bond donors (Lipinski definition) is 0. The van der Waals surface area contributed by atoms with E-state index in [-0.39, 0.29) is 6.42 Å². The van der Waals surface area contributed by atoms with Gasteiger partial charge in [0.05, 0.1) is 5.70 Å². The monoisotopic (exact) mass is 282 g/mol. The number of imide groups is 2. The zero-order valence-electron chi connectivity index (χ0n) is 10.9. The summed E-state index contributed by atoms with van der Waals surface area (Å²) in [6, 6.07) is 0. The lowest BCUT2D eigenvalue weighted by atomic mass is 10.0. The lowest BCUT2D eigenvalue weighted by molar-refractivity contribution is -0.136. The highest BCUT2D eigenvalue weighted by molar-refractivity contribution is 6.15. The van der Waals surface area contributed by atoms with E-state index in [1.54, 1.807) is 6.08 Å². The Kier molecular flexibility index (Phi) is 2.79. The molecule has 1 aliphatic carbocycles. The van der Waals surface area contributed by atoms with Gasteiger partial charge in [0.2, 0.25) is 0 Å². The minimum atomic E-state index is -0.431. The Morgan fingerprint density at radius 1 is 0.762 bits per heavy atom. The van der Waals surface area contributed by atoms with Gasteiger partial charge in [-0.2, -0.15) is 0 Å². The van der Waals surface area contributed by atoms with Crippen LogP contribution in [0.5, 0.6) is 0 Å². The first-order valence-electron chi connectivity index (χ1n) is 6.20. The van der Waals surface area contributed by atoms with Crippen LogP contribution in [0.25, 0.3) is 0 Å². The summed E-state index contributed by atoms with van der Waals surface area (Å²) in [7, 11) is 0. The Morgan fingerprint density at radius 2 is 1.24 bits per heavy atom. The average Bonchev–Trinajstić information content (AvgIpc) is 2.94. The first kappa shape index (κ1) is 13.0. The summed E-state index contributed by atoms with van der Waals surface area (Å²) in [5.41, 5.74) is 1.34. The third-order valence-corrected chi connectivity index (χ3v) is 3.34. The van der Waals surface area contributed by atoms with Crippen molar-refractivity contribution in [1.82, 2.24) is 9.80 Å². The van der Waals surface area contributed by atoms with Crippen molar-refractivity contribution in [1.29, 1.82) is 0 Å². The molecule has 104 valence electrons. The Bertz CT molecular complexity index is 701. The number of allylic oxidation sites excluding steroid dienone is 4. The van der Waals surface area contributed by atoms with Gasteiger partial charge in [0.15, 0.2) is 0 Å². The summed E-state index contributed by atoms with van der Waals surface area (Å²) in [4.78, 5) is 48.6. The molecule has 2 aliphatic heterocycles. The molecule has 0 radical (unpaired) electrons. The summed E-state index contributed by atoms with van der Waals surface area (Å²) < 4.78 is 0. The fourth-order valence-corrected chi connectivity index (χ4v) is 2.37. The molecule has 0 saturated carbocycles. The molecule has 0 aromatic heterocycles. The highest BCUT2D eigenvalue weighted by Crippen LogP contribution is 2.30. The Morgan fingerprint density at radius 3 is 1.71 bits per heavy atom.